The van der Waals surface area contributed by atoms with Gasteiger partial charge in [-0.25, -0.2) is 0 Å². The number of ether oxygens (including phenoxy) is 1. The molecule has 0 fully saturated rings. The molecule has 35 heavy (non-hydrogen) atoms. The monoisotopic (exact) mass is 615 g/mol. The Morgan fingerprint density at radius 1 is 1.03 bits per heavy atom. The first-order valence-electron chi connectivity index (χ1n) is 10.3. The van der Waals surface area contributed by atoms with Gasteiger partial charge in [0.15, 0.2) is 6.61 Å². The maximum Gasteiger partial charge on any atom is 0.266 e. The van der Waals surface area contributed by atoms with Crippen molar-refractivity contribution in [2.24, 2.45) is 0 Å². The number of hydrogen-bond acceptors (Lipinski definition) is 4. The normalized spacial score (nSPS) is 10.9. The van der Waals surface area contributed by atoms with Crippen molar-refractivity contribution in [1.29, 1.82) is 5.26 Å². The van der Waals surface area contributed by atoms with Crippen LogP contribution >= 0.6 is 43.5 Å². The van der Waals surface area contributed by atoms with Gasteiger partial charge in [0.1, 0.15) is 17.4 Å². The summed E-state index contributed by atoms with van der Waals surface area (Å²) in [5.74, 6) is -0.474. The van der Waals surface area contributed by atoms with Crippen molar-refractivity contribution < 1.29 is 14.3 Å². The van der Waals surface area contributed by atoms with Crippen molar-refractivity contribution in [2.75, 3.05) is 17.2 Å². The number of nitrogens with zero attached hydrogens (tertiary/aromatic N) is 1. The Morgan fingerprint density at radius 3 is 2.37 bits per heavy atom. The number of carbonyl (C=O) groups excluding carboxylic acids is 2. The molecule has 0 bridgehead atoms. The predicted molar refractivity (Wildman–Crippen MR) is 146 cm³/mol. The predicted octanol–water partition coefficient (Wildman–Crippen LogP) is 7.05. The van der Waals surface area contributed by atoms with Gasteiger partial charge in [0.05, 0.1) is 19.7 Å². The minimum atomic E-state index is -0.587. The second-order valence-corrected chi connectivity index (χ2v) is 9.69. The van der Waals surface area contributed by atoms with Gasteiger partial charge < -0.3 is 15.4 Å². The molecule has 3 aromatic rings. The highest BCUT2D eigenvalue weighted by molar-refractivity contribution is 9.11. The highest BCUT2D eigenvalue weighted by Crippen LogP contribution is 2.35. The molecule has 0 radical (unpaired) electrons. The van der Waals surface area contributed by atoms with Crippen molar-refractivity contribution in [3.63, 3.8) is 0 Å². The van der Waals surface area contributed by atoms with E-state index in [9.17, 15) is 14.9 Å². The lowest BCUT2D eigenvalue weighted by atomic mass is 10.1. The molecule has 0 aliphatic heterocycles. The van der Waals surface area contributed by atoms with Gasteiger partial charge in [-0.2, -0.15) is 5.26 Å². The molecule has 0 aliphatic carbocycles. The first kappa shape index (κ1) is 26.5. The van der Waals surface area contributed by atoms with Crippen molar-refractivity contribution >= 4 is 72.7 Å². The van der Waals surface area contributed by atoms with E-state index in [0.29, 0.717) is 31.0 Å². The van der Waals surface area contributed by atoms with Crippen LogP contribution in [0.25, 0.3) is 6.08 Å². The van der Waals surface area contributed by atoms with E-state index < -0.39 is 5.91 Å². The van der Waals surface area contributed by atoms with Gasteiger partial charge >= 0.3 is 0 Å². The fourth-order valence-electron chi connectivity index (χ4n) is 3.06. The number of halogens is 3. The average molecular weight is 618 g/mol. The summed E-state index contributed by atoms with van der Waals surface area (Å²) in [6.07, 6.45) is 1.44. The standard InChI is InChI=1S/C26H20Br2ClN3O3/c1-15-7-8-16(2)23(9-15)31-24(33)14-35-25-19(27)11-17(12-20(25)28)10-18(13-30)26(34)32-22-6-4-3-5-21(22)29/h3-12H,14H2,1-2H3,(H,31,33)(H,32,34)/b18-10+. The molecular formula is C26H20Br2ClN3O3. The molecule has 9 heteroatoms. The highest BCUT2D eigenvalue weighted by Gasteiger charge is 2.15. The van der Waals surface area contributed by atoms with E-state index in [-0.39, 0.29) is 18.1 Å². The molecule has 2 amide bonds. The molecule has 0 aromatic heterocycles. The number of carbonyl (C=O) groups is 2. The summed E-state index contributed by atoms with van der Waals surface area (Å²) in [6.45, 7) is 3.66. The van der Waals surface area contributed by atoms with Crippen LogP contribution in [0.4, 0.5) is 11.4 Å². The van der Waals surface area contributed by atoms with E-state index in [0.717, 1.165) is 16.8 Å². The van der Waals surface area contributed by atoms with E-state index in [1.54, 1.807) is 36.4 Å². The zero-order chi connectivity index (χ0) is 25.5. The molecule has 0 spiro atoms. The van der Waals surface area contributed by atoms with Crippen LogP contribution in [0.15, 0.2) is 69.1 Å². The minimum absolute atomic E-state index is 0.106. The Morgan fingerprint density at radius 2 is 1.71 bits per heavy atom. The molecular weight excluding hydrogens is 598 g/mol. The average Bonchev–Trinajstić information content (AvgIpc) is 2.80. The molecule has 178 valence electrons. The number of nitriles is 1. The van der Waals surface area contributed by atoms with E-state index in [4.69, 9.17) is 16.3 Å². The third-order valence-corrected chi connectivity index (χ3v) is 6.34. The van der Waals surface area contributed by atoms with Gasteiger partial charge in [0.2, 0.25) is 0 Å². The lowest BCUT2D eigenvalue weighted by molar-refractivity contribution is -0.118. The van der Waals surface area contributed by atoms with Crippen LogP contribution < -0.4 is 15.4 Å². The van der Waals surface area contributed by atoms with Gasteiger partial charge in [0, 0.05) is 5.69 Å². The summed E-state index contributed by atoms with van der Waals surface area (Å²) in [5.41, 5.74) is 3.60. The number of benzene rings is 3. The molecule has 3 rings (SSSR count). The molecule has 0 atom stereocenters. The molecule has 6 nitrogen and oxygen atoms in total. The van der Waals surface area contributed by atoms with E-state index in [1.807, 2.05) is 38.1 Å². The van der Waals surface area contributed by atoms with E-state index in [2.05, 4.69) is 42.5 Å². The lowest BCUT2D eigenvalue weighted by Gasteiger charge is -2.13. The largest absolute Gasteiger partial charge is 0.481 e. The van der Waals surface area contributed by atoms with Gasteiger partial charge in [-0.3, -0.25) is 9.59 Å². The number of nitrogens with one attached hydrogen (secondary N) is 2. The number of hydrogen-bond donors (Lipinski definition) is 2. The van der Waals surface area contributed by atoms with Crippen LogP contribution in [0, 0.1) is 25.2 Å². The van der Waals surface area contributed by atoms with Gasteiger partial charge in [0.25, 0.3) is 11.8 Å². The summed E-state index contributed by atoms with van der Waals surface area (Å²) < 4.78 is 6.80. The molecule has 0 heterocycles. The van der Waals surface area contributed by atoms with E-state index >= 15 is 0 Å². The summed E-state index contributed by atoms with van der Waals surface area (Å²) in [4.78, 5) is 25.0. The SMILES string of the molecule is Cc1ccc(C)c(NC(=O)COc2c(Br)cc(/C=C(\C#N)C(=O)Nc3ccccc3Cl)cc2Br)c1. The molecule has 2 N–H and O–H groups in total. The Labute approximate surface area is 225 Å². The maximum atomic E-state index is 12.6. The number of aryl methyl sites for hydroxylation is 2. The third-order valence-electron chi connectivity index (χ3n) is 4.83. The van der Waals surface area contributed by atoms with Crippen molar-refractivity contribution in [2.45, 2.75) is 13.8 Å². The smallest absolute Gasteiger partial charge is 0.266 e. The molecule has 3 aromatic carbocycles. The minimum Gasteiger partial charge on any atom is -0.481 e. The zero-order valence-electron chi connectivity index (χ0n) is 18.8. The quantitative estimate of drug-likeness (QED) is 0.220. The second kappa shape index (κ2) is 12.0. The number of amides is 2. The highest BCUT2D eigenvalue weighted by atomic mass is 79.9. The topological polar surface area (TPSA) is 91.2 Å². The number of para-hydroxylation sites is 1. The Balaban J connectivity index is 1.71. The Kier molecular flexibility index (Phi) is 9.10. The van der Waals surface area contributed by atoms with Gasteiger partial charge in [-0.15, -0.1) is 0 Å². The summed E-state index contributed by atoms with van der Waals surface area (Å²) in [7, 11) is 0. The summed E-state index contributed by atoms with van der Waals surface area (Å²) in [5, 5.41) is 15.3. The second-order valence-electron chi connectivity index (χ2n) is 7.57. The van der Waals surface area contributed by atoms with Crippen LogP contribution in [0.3, 0.4) is 0 Å². The first-order chi connectivity index (χ1) is 16.7. The fraction of sp³-hybridized carbons (Fsp3) is 0.115. The summed E-state index contributed by atoms with van der Waals surface area (Å²) >= 11 is 12.9. The number of anilines is 2. The van der Waals surface area contributed by atoms with Crippen molar-refractivity contribution in [1.82, 2.24) is 0 Å². The Bertz CT molecular complexity index is 1340. The van der Waals surface area contributed by atoms with Gasteiger partial charge in [-0.05, 0) is 98.8 Å². The lowest BCUT2D eigenvalue weighted by Crippen LogP contribution is -2.21. The molecule has 0 saturated carbocycles. The van der Waals surface area contributed by atoms with Crippen LogP contribution in [-0.2, 0) is 9.59 Å². The zero-order valence-corrected chi connectivity index (χ0v) is 22.7. The van der Waals surface area contributed by atoms with Crippen LogP contribution in [0.2, 0.25) is 5.02 Å². The third kappa shape index (κ3) is 7.18. The molecule has 0 saturated heterocycles. The van der Waals surface area contributed by atoms with Crippen LogP contribution in [0.1, 0.15) is 16.7 Å². The molecule has 0 unspecified atom stereocenters. The van der Waals surface area contributed by atoms with Gasteiger partial charge in [-0.1, -0.05) is 35.9 Å². The fourth-order valence-corrected chi connectivity index (χ4v) is 4.70. The van der Waals surface area contributed by atoms with E-state index in [1.165, 1.54) is 6.08 Å². The first-order valence-corrected chi connectivity index (χ1v) is 12.3. The number of rotatable bonds is 7. The van der Waals surface area contributed by atoms with Crippen molar-refractivity contribution in [3.05, 3.63) is 90.8 Å². The maximum absolute atomic E-state index is 12.6. The van der Waals surface area contributed by atoms with Crippen molar-refractivity contribution in [3.8, 4) is 11.8 Å². The summed E-state index contributed by atoms with van der Waals surface area (Å²) in [6, 6.07) is 17.8. The Hall–Kier alpha value is -3.12. The molecule has 0 aliphatic rings. The van der Waals surface area contributed by atoms with Crippen LogP contribution in [0.5, 0.6) is 5.75 Å². The van der Waals surface area contributed by atoms with Crippen LogP contribution in [-0.4, -0.2) is 18.4 Å².